The standard InChI is InChI=1S/C14H13Cl2N3O2/c1-21-13-7-9(3-5-12(13)17)19-14(20)18-8-2-4-10(15)11(16)6-8/h2-7H,17H2,1H3,(H2,18,19,20). The van der Waals surface area contributed by atoms with Crippen molar-refractivity contribution in [3.8, 4) is 5.75 Å². The molecule has 21 heavy (non-hydrogen) atoms. The van der Waals surface area contributed by atoms with E-state index in [1.54, 1.807) is 36.4 Å². The van der Waals surface area contributed by atoms with E-state index in [1.165, 1.54) is 7.11 Å². The van der Waals surface area contributed by atoms with Crippen LogP contribution in [0.15, 0.2) is 36.4 Å². The molecule has 2 aromatic rings. The molecule has 0 unspecified atom stereocenters. The lowest BCUT2D eigenvalue weighted by Gasteiger charge is -2.10. The number of anilines is 3. The number of urea groups is 1. The van der Waals surface area contributed by atoms with Gasteiger partial charge in [0.15, 0.2) is 0 Å². The average Bonchev–Trinajstić information content (AvgIpc) is 2.45. The fourth-order valence-corrected chi connectivity index (χ4v) is 1.95. The molecule has 110 valence electrons. The maximum atomic E-state index is 11.9. The lowest BCUT2D eigenvalue weighted by molar-refractivity contribution is 0.262. The summed E-state index contributed by atoms with van der Waals surface area (Å²) in [6.07, 6.45) is 0. The number of carbonyl (C=O) groups is 1. The minimum Gasteiger partial charge on any atom is -0.495 e. The number of hydrogen-bond donors (Lipinski definition) is 3. The molecule has 0 aromatic heterocycles. The highest BCUT2D eigenvalue weighted by Gasteiger charge is 2.07. The molecule has 5 nitrogen and oxygen atoms in total. The molecule has 2 aromatic carbocycles. The zero-order valence-electron chi connectivity index (χ0n) is 11.1. The summed E-state index contributed by atoms with van der Waals surface area (Å²) >= 11 is 11.7. The molecular weight excluding hydrogens is 313 g/mol. The van der Waals surface area contributed by atoms with Gasteiger partial charge in [-0.2, -0.15) is 0 Å². The van der Waals surface area contributed by atoms with Gasteiger partial charge in [-0.05, 0) is 30.3 Å². The fraction of sp³-hybridized carbons (Fsp3) is 0.0714. The number of hydrogen-bond acceptors (Lipinski definition) is 3. The summed E-state index contributed by atoms with van der Waals surface area (Å²) in [5, 5.41) is 6.10. The van der Waals surface area contributed by atoms with Crippen molar-refractivity contribution in [1.82, 2.24) is 0 Å². The van der Waals surface area contributed by atoms with Crippen LogP contribution in [-0.2, 0) is 0 Å². The van der Waals surface area contributed by atoms with Crippen LogP contribution < -0.4 is 21.1 Å². The maximum absolute atomic E-state index is 11.9. The Morgan fingerprint density at radius 1 is 1.05 bits per heavy atom. The van der Waals surface area contributed by atoms with Gasteiger partial charge < -0.3 is 21.1 Å². The average molecular weight is 326 g/mol. The van der Waals surface area contributed by atoms with Gasteiger partial charge in [-0.25, -0.2) is 4.79 Å². The molecule has 0 aliphatic carbocycles. The number of nitrogen functional groups attached to an aromatic ring is 1. The molecule has 0 aliphatic rings. The van der Waals surface area contributed by atoms with E-state index in [-0.39, 0.29) is 0 Å². The summed E-state index contributed by atoms with van der Waals surface area (Å²) < 4.78 is 5.09. The first-order valence-electron chi connectivity index (χ1n) is 5.96. The molecule has 0 atom stereocenters. The molecule has 0 heterocycles. The Morgan fingerprint density at radius 3 is 2.29 bits per heavy atom. The number of benzene rings is 2. The monoisotopic (exact) mass is 325 g/mol. The maximum Gasteiger partial charge on any atom is 0.323 e. The van der Waals surface area contributed by atoms with E-state index in [9.17, 15) is 4.79 Å². The summed E-state index contributed by atoms with van der Waals surface area (Å²) in [7, 11) is 1.51. The van der Waals surface area contributed by atoms with Gasteiger partial charge in [0.2, 0.25) is 0 Å². The zero-order valence-corrected chi connectivity index (χ0v) is 12.6. The van der Waals surface area contributed by atoms with Crippen molar-refractivity contribution in [2.75, 3.05) is 23.5 Å². The Labute approximate surface area is 132 Å². The van der Waals surface area contributed by atoms with Crippen LogP contribution in [-0.4, -0.2) is 13.1 Å². The first-order valence-corrected chi connectivity index (χ1v) is 6.72. The van der Waals surface area contributed by atoms with Crippen LogP contribution in [0.1, 0.15) is 0 Å². The summed E-state index contributed by atoms with van der Waals surface area (Å²) in [4.78, 5) is 11.9. The SMILES string of the molecule is COc1cc(NC(=O)Nc2ccc(Cl)c(Cl)c2)ccc1N. The second-order valence-corrected chi connectivity index (χ2v) is 4.98. The number of halogens is 2. The predicted octanol–water partition coefficient (Wildman–Crippen LogP) is 4.23. The van der Waals surface area contributed by atoms with Crippen LogP contribution in [0.4, 0.5) is 21.9 Å². The van der Waals surface area contributed by atoms with Crippen molar-refractivity contribution < 1.29 is 9.53 Å². The molecule has 2 rings (SSSR count). The van der Waals surface area contributed by atoms with E-state index in [2.05, 4.69) is 10.6 Å². The Kier molecular flexibility index (Phi) is 4.77. The van der Waals surface area contributed by atoms with E-state index in [4.69, 9.17) is 33.7 Å². The van der Waals surface area contributed by atoms with Crippen LogP contribution in [0, 0.1) is 0 Å². The molecule has 0 aliphatic heterocycles. The predicted molar refractivity (Wildman–Crippen MR) is 86.5 cm³/mol. The highest BCUT2D eigenvalue weighted by atomic mass is 35.5. The lowest BCUT2D eigenvalue weighted by atomic mass is 10.2. The van der Waals surface area contributed by atoms with Crippen molar-refractivity contribution in [3.05, 3.63) is 46.4 Å². The third-order valence-corrected chi connectivity index (χ3v) is 3.41. The molecule has 4 N–H and O–H groups in total. The van der Waals surface area contributed by atoms with Gasteiger partial charge >= 0.3 is 6.03 Å². The van der Waals surface area contributed by atoms with Crippen molar-refractivity contribution in [3.63, 3.8) is 0 Å². The van der Waals surface area contributed by atoms with Crippen molar-refractivity contribution in [2.45, 2.75) is 0 Å². The van der Waals surface area contributed by atoms with E-state index in [0.29, 0.717) is 32.9 Å². The fourth-order valence-electron chi connectivity index (χ4n) is 1.66. The number of methoxy groups -OCH3 is 1. The number of ether oxygens (including phenoxy) is 1. The van der Waals surface area contributed by atoms with Crippen LogP contribution in [0.2, 0.25) is 10.0 Å². The molecule has 0 bridgehead atoms. The van der Waals surface area contributed by atoms with Crippen LogP contribution >= 0.6 is 23.2 Å². The molecule has 0 fully saturated rings. The van der Waals surface area contributed by atoms with Gasteiger partial charge in [-0.1, -0.05) is 23.2 Å². The molecule has 0 spiro atoms. The number of nitrogens with two attached hydrogens (primary N) is 1. The van der Waals surface area contributed by atoms with Gasteiger partial charge in [0, 0.05) is 17.4 Å². The quantitative estimate of drug-likeness (QED) is 0.739. The molecule has 0 saturated heterocycles. The Morgan fingerprint density at radius 2 is 1.67 bits per heavy atom. The minimum absolute atomic E-state index is 0.364. The minimum atomic E-state index is -0.416. The van der Waals surface area contributed by atoms with Crippen LogP contribution in [0.25, 0.3) is 0 Å². The van der Waals surface area contributed by atoms with Crippen molar-refractivity contribution in [1.29, 1.82) is 0 Å². The Balaban J connectivity index is 2.06. The number of rotatable bonds is 3. The summed E-state index contributed by atoms with van der Waals surface area (Å²) in [5.41, 5.74) is 7.28. The third-order valence-electron chi connectivity index (χ3n) is 2.67. The summed E-state index contributed by atoms with van der Waals surface area (Å²) in [6.45, 7) is 0. The van der Waals surface area contributed by atoms with Gasteiger partial charge in [-0.3, -0.25) is 0 Å². The highest BCUT2D eigenvalue weighted by Crippen LogP contribution is 2.26. The Bertz CT molecular complexity index is 677. The summed E-state index contributed by atoms with van der Waals surface area (Å²) in [5.74, 6) is 0.488. The van der Waals surface area contributed by atoms with Gasteiger partial charge in [0.1, 0.15) is 5.75 Å². The van der Waals surface area contributed by atoms with Gasteiger partial charge in [-0.15, -0.1) is 0 Å². The van der Waals surface area contributed by atoms with Crippen molar-refractivity contribution in [2.24, 2.45) is 0 Å². The second-order valence-electron chi connectivity index (χ2n) is 4.16. The van der Waals surface area contributed by atoms with Gasteiger partial charge in [0.05, 0.1) is 22.8 Å². The summed E-state index contributed by atoms with van der Waals surface area (Å²) in [6, 6.07) is 9.35. The number of carbonyl (C=O) groups excluding carboxylic acids is 1. The topological polar surface area (TPSA) is 76.4 Å². The Hall–Kier alpha value is -2.11. The van der Waals surface area contributed by atoms with Gasteiger partial charge in [0.25, 0.3) is 0 Å². The smallest absolute Gasteiger partial charge is 0.323 e. The van der Waals surface area contributed by atoms with Crippen molar-refractivity contribution >= 4 is 46.3 Å². The first-order chi connectivity index (χ1) is 9.99. The van der Waals surface area contributed by atoms with E-state index >= 15 is 0 Å². The zero-order chi connectivity index (χ0) is 15.4. The van der Waals surface area contributed by atoms with E-state index in [1.807, 2.05) is 0 Å². The number of nitrogens with one attached hydrogen (secondary N) is 2. The van der Waals surface area contributed by atoms with Crippen LogP contribution in [0.5, 0.6) is 5.75 Å². The molecule has 0 saturated carbocycles. The normalized spacial score (nSPS) is 10.0. The van der Waals surface area contributed by atoms with E-state index in [0.717, 1.165) is 0 Å². The van der Waals surface area contributed by atoms with Crippen LogP contribution in [0.3, 0.4) is 0 Å². The highest BCUT2D eigenvalue weighted by molar-refractivity contribution is 6.42. The second kappa shape index (κ2) is 6.56. The van der Waals surface area contributed by atoms with E-state index < -0.39 is 6.03 Å². The third kappa shape index (κ3) is 3.93. The molecule has 0 radical (unpaired) electrons. The lowest BCUT2D eigenvalue weighted by Crippen LogP contribution is -2.19. The number of amides is 2. The molecule has 2 amide bonds. The molecule has 7 heteroatoms. The largest absolute Gasteiger partial charge is 0.495 e. The first kappa shape index (κ1) is 15.3. The molecular formula is C14H13Cl2N3O2.